The quantitative estimate of drug-likeness (QED) is 0.786. The van der Waals surface area contributed by atoms with Crippen molar-refractivity contribution in [3.63, 3.8) is 0 Å². The summed E-state index contributed by atoms with van der Waals surface area (Å²) in [5.74, 6) is 1.10. The Hall–Kier alpha value is -1.55. The monoisotopic (exact) mass is 261 g/mol. The van der Waals surface area contributed by atoms with Gasteiger partial charge in [-0.1, -0.05) is 13.8 Å². The van der Waals surface area contributed by atoms with Gasteiger partial charge >= 0.3 is 0 Å². The molecule has 0 saturated carbocycles. The number of hydrogen-bond acceptors (Lipinski definition) is 3. The van der Waals surface area contributed by atoms with Gasteiger partial charge in [0.25, 0.3) is 0 Å². The van der Waals surface area contributed by atoms with Crippen molar-refractivity contribution in [3.05, 3.63) is 24.0 Å². The van der Waals surface area contributed by atoms with Crippen molar-refractivity contribution in [2.24, 2.45) is 0 Å². The summed E-state index contributed by atoms with van der Waals surface area (Å²) >= 11 is 0. The summed E-state index contributed by atoms with van der Waals surface area (Å²) < 4.78 is 2.29. The maximum absolute atomic E-state index is 9.25. The van der Waals surface area contributed by atoms with E-state index in [2.05, 4.69) is 18.4 Å². The van der Waals surface area contributed by atoms with E-state index in [1.807, 2.05) is 18.2 Å². The molecule has 0 aliphatic heterocycles. The number of fused-ring (bicyclic) bond motifs is 1. The summed E-state index contributed by atoms with van der Waals surface area (Å²) in [6.07, 6.45) is 3.78. The molecule has 0 aliphatic rings. The van der Waals surface area contributed by atoms with Crippen LogP contribution in [0.15, 0.2) is 18.2 Å². The van der Waals surface area contributed by atoms with E-state index in [1.54, 1.807) is 0 Å². The van der Waals surface area contributed by atoms with Crippen LogP contribution in [0.25, 0.3) is 11.0 Å². The molecule has 3 N–H and O–H groups in total. The van der Waals surface area contributed by atoms with Crippen molar-refractivity contribution in [2.75, 3.05) is 12.3 Å². The second-order valence-corrected chi connectivity index (χ2v) is 4.97. The van der Waals surface area contributed by atoms with Crippen LogP contribution >= 0.6 is 0 Å². The Morgan fingerprint density at radius 1 is 1.37 bits per heavy atom. The van der Waals surface area contributed by atoms with E-state index < -0.39 is 0 Å². The molecule has 0 radical (unpaired) electrons. The van der Waals surface area contributed by atoms with Gasteiger partial charge in [-0.2, -0.15) is 0 Å². The smallest absolute Gasteiger partial charge is 0.110 e. The first-order valence-corrected chi connectivity index (χ1v) is 7.08. The highest BCUT2D eigenvalue weighted by atomic mass is 16.3. The highest BCUT2D eigenvalue weighted by Gasteiger charge is 2.17. The maximum Gasteiger partial charge on any atom is 0.110 e. The molecule has 1 heterocycles. The van der Waals surface area contributed by atoms with E-state index in [0.717, 1.165) is 48.2 Å². The van der Waals surface area contributed by atoms with Crippen LogP contribution < -0.4 is 5.73 Å². The molecule has 1 aromatic carbocycles. The maximum atomic E-state index is 9.25. The molecule has 104 valence electrons. The van der Waals surface area contributed by atoms with Crippen LogP contribution in [0.3, 0.4) is 0 Å². The van der Waals surface area contributed by atoms with Crippen molar-refractivity contribution < 1.29 is 5.11 Å². The molecule has 0 spiro atoms. The summed E-state index contributed by atoms with van der Waals surface area (Å²) in [6.45, 7) is 4.52. The molecule has 4 heteroatoms. The van der Waals surface area contributed by atoms with Crippen LogP contribution in [0, 0.1) is 0 Å². The molecule has 2 aromatic rings. The van der Waals surface area contributed by atoms with Gasteiger partial charge in [-0.3, -0.25) is 0 Å². The fourth-order valence-corrected chi connectivity index (χ4v) is 2.64. The molecule has 19 heavy (non-hydrogen) atoms. The van der Waals surface area contributed by atoms with Crippen molar-refractivity contribution in [1.82, 2.24) is 9.55 Å². The summed E-state index contributed by atoms with van der Waals surface area (Å²) in [5, 5.41) is 9.25. The van der Waals surface area contributed by atoms with Gasteiger partial charge < -0.3 is 15.4 Å². The Morgan fingerprint density at radius 2 is 2.16 bits per heavy atom. The number of aryl methyl sites for hydroxylation is 1. The number of imidazole rings is 1. The standard InChI is InChI=1S/C15H23N3O/c1-3-5-15-17-13-10-11(16)6-7-14(13)18(15)12(4-2)8-9-19/h6-7,10,12,19H,3-5,8-9,16H2,1-2H3. The number of nitrogen functional groups attached to an aromatic ring is 1. The van der Waals surface area contributed by atoms with Gasteiger partial charge in [-0.15, -0.1) is 0 Å². The highest BCUT2D eigenvalue weighted by molar-refractivity contribution is 5.79. The predicted octanol–water partition coefficient (Wildman–Crippen LogP) is 2.90. The minimum Gasteiger partial charge on any atom is -0.399 e. The Morgan fingerprint density at radius 3 is 2.79 bits per heavy atom. The number of hydrogen-bond donors (Lipinski definition) is 2. The molecule has 0 bridgehead atoms. The topological polar surface area (TPSA) is 64.1 Å². The Balaban J connectivity index is 2.56. The fourth-order valence-electron chi connectivity index (χ4n) is 2.64. The lowest BCUT2D eigenvalue weighted by Crippen LogP contribution is -2.13. The summed E-state index contributed by atoms with van der Waals surface area (Å²) in [7, 11) is 0. The minimum absolute atomic E-state index is 0.207. The third kappa shape index (κ3) is 2.73. The van der Waals surface area contributed by atoms with Crippen molar-refractivity contribution in [2.45, 2.75) is 45.6 Å². The van der Waals surface area contributed by atoms with Crippen LogP contribution in [0.1, 0.15) is 45.0 Å². The highest BCUT2D eigenvalue weighted by Crippen LogP contribution is 2.27. The number of benzene rings is 1. The SMILES string of the molecule is CCCc1nc2cc(N)ccc2n1C(CC)CCO. The lowest BCUT2D eigenvalue weighted by atomic mass is 10.1. The first kappa shape index (κ1) is 13.9. The van der Waals surface area contributed by atoms with Gasteiger partial charge in [-0.25, -0.2) is 4.98 Å². The Labute approximate surface area is 114 Å². The second kappa shape index (κ2) is 6.06. The van der Waals surface area contributed by atoms with Gasteiger partial charge in [0.15, 0.2) is 0 Å². The number of nitrogens with two attached hydrogens (primary N) is 1. The number of aliphatic hydroxyl groups excluding tert-OH is 1. The van der Waals surface area contributed by atoms with Gasteiger partial charge in [-0.05, 0) is 37.5 Å². The van der Waals surface area contributed by atoms with Gasteiger partial charge in [0, 0.05) is 24.8 Å². The zero-order valence-corrected chi connectivity index (χ0v) is 11.8. The molecule has 2 rings (SSSR count). The van der Waals surface area contributed by atoms with Gasteiger partial charge in [0.05, 0.1) is 11.0 Å². The summed E-state index contributed by atoms with van der Waals surface area (Å²) in [4.78, 5) is 4.72. The molecular weight excluding hydrogens is 238 g/mol. The molecule has 1 atom stereocenters. The lowest BCUT2D eigenvalue weighted by Gasteiger charge is -2.19. The average molecular weight is 261 g/mol. The van der Waals surface area contributed by atoms with Crippen LogP contribution in [0.4, 0.5) is 5.69 Å². The first-order valence-electron chi connectivity index (χ1n) is 7.08. The largest absolute Gasteiger partial charge is 0.399 e. The predicted molar refractivity (Wildman–Crippen MR) is 79.2 cm³/mol. The average Bonchev–Trinajstić information content (AvgIpc) is 2.73. The van der Waals surface area contributed by atoms with Gasteiger partial charge in [0.2, 0.25) is 0 Å². The van der Waals surface area contributed by atoms with E-state index in [1.165, 1.54) is 0 Å². The zero-order valence-electron chi connectivity index (χ0n) is 11.8. The van der Waals surface area contributed by atoms with E-state index >= 15 is 0 Å². The van der Waals surface area contributed by atoms with Crippen molar-refractivity contribution in [1.29, 1.82) is 0 Å². The van der Waals surface area contributed by atoms with Crippen LogP contribution in [0.2, 0.25) is 0 Å². The van der Waals surface area contributed by atoms with Crippen LogP contribution in [-0.2, 0) is 6.42 Å². The third-order valence-electron chi connectivity index (χ3n) is 3.56. The molecular formula is C15H23N3O. The van der Waals surface area contributed by atoms with E-state index in [0.29, 0.717) is 6.04 Å². The minimum atomic E-state index is 0.207. The molecule has 0 saturated heterocycles. The second-order valence-electron chi connectivity index (χ2n) is 4.97. The van der Waals surface area contributed by atoms with Crippen molar-refractivity contribution in [3.8, 4) is 0 Å². The number of nitrogens with zero attached hydrogens (tertiary/aromatic N) is 2. The fraction of sp³-hybridized carbons (Fsp3) is 0.533. The van der Waals surface area contributed by atoms with E-state index in [9.17, 15) is 5.11 Å². The normalized spacial score (nSPS) is 13.0. The molecule has 0 amide bonds. The molecule has 0 fully saturated rings. The summed E-state index contributed by atoms with van der Waals surface area (Å²) in [5.41, 5.74) is 8.66. The Kier molecular flexibility index (Phi) is 4.43. The van der Waals surface area contributed by atoms with Gasteiger partial charge in [0.1, 0.15) is 5.82 Å². The number of anilines is 1. The first-order chi connectivity index (χ1) is 9.21. The number of rotatable bonds is 6. The lowest BCUT2D eigenvalue weighted by molar-refractivity contribution is 0.254. The van der Waals surface area contributed by atoms with E-state index in [-0.39, 0.29) is 6.61 Å². The molecule has 1 unspecified atom stereocenters. The Bertz CT molecular complexity index is 548. The van der Waals surface area contributed by atoms with E-state index in [4.69, 9.17) is 10.7 Å². The summed E-state index contributed by atoms with van der Waals surface area (Å²) in [6, 6.07) is 6.19. The van der Waals surface area contributed by atoms with Crippen LogP contribution in [-0.4, -0.2) is 21.3 Å². The number of aliphatic hydroxyl groups is 1. The third-order valence-corrected chi connectivity index (χ3v) is 3.56. The number of aromatic nitrogens is 2. The van der Waals surface area contributed by atoms with Crippen LogP contribution in [0.5, 0.6) is 0 Å². The molecule has 1 aromatic heterocycles. The molecule has 4 nitrogen and oxygen atoms in total. The molecule has 0 aliphatic carbocycles. The van der Waals surface area contributed by atoms with Crippen molar-refractivity contribution >= 4 is 16.7 Å². The zero-order chi connectivity index (χ0) is 13.8.